The molecule has 1 unspecified atom stereocenters. The van der Waals surface area contributed by atoms with Crippen LogP contribution < -0.4 is 10.6 Å². The van der Waals surface area contributed by atoms with Crippen molar-refractivity contribution in [3.05, 3.63) is 20.8 Å². The minimum Gasteiger partial charge on any atom is -0.354 e. The molecule has 1 aromatic heterocycles. The number of rotatable bonds is 2. The fraction of sp³-hybridized carbons (Fsp3) is 0.455. The maximum absolute atomic E-state index is 11.9. The molecule has 0 saturated carbocycles. The van der Waals surface area contributed by atoms with Crippen molar-refractivity contribution < 1.29 is 9.59 Å². The van der Waals surface area contributed by atoms with E-state index in [9.17, 15) is 9.59 Å². The fourth-order valence-electron chi connectivity index (χ4n) is 1.76. The van der Waals surface area contributed by atoms with Gasteiger partial charge in [-0.2, -0.15) is 0 Å². The molecule has 1 fully saturated rings. The Bertz CT molecular complexity index is 433. The average Bonchev–Trinajstić information content (AvgIpc) is 2.63. The van der Waals surface area contributed by atoms with Crippen LogP contribution in [0, 0.1) is 0 Å². The number of hydrogen-bond donors (Lipinski definition) is 2. The quantitative estimate of drug-likeness (QED) is 0.875. The van der Waals surface area contributed by atoms with Crippen molar-refractivity contribution in [2.75, 3.05) is 6.54 Å². The van der Waals surface area contributed by atoms with Crippen LogP contribution in [0.5, 0.6) is 0 Å². The Morgan fingerprint density at radius 1 is 1.53 bits per heavy atom. The van der Waals surface area contributed by atoms with Crippen LogP contribution in [0.4, 0.5) is 0 Å². The highest BCUT2D eigenvalue weighted by molar-refractivity contribution is 9.10. The molecular formula is C11H13BrN2O2S. The van der Waals surface area contributed by atoms with Crippen molar-refractivity contribution in [3.63, 3.8) is 0 Å². The molecule has 1 saturated heterocycles. The highest BCUT2D eigenvalue weighted by Crippen LogP contribution is 2.22. The van der Waals surface area contributed by atoms with E-state index in [1.807, 2.05) is 11.4 Å². The normalized spacial score (nSPS) is 20.5. The minimum absolute atomic E-state index is 0.0801. The second-order valence-corrected chi connectivity index (χ2v) is 5.68. The summed E-state index contributed by atoms with van der Waals surface area (Å²) in [6.45, 7) is 0.702. The van der Waals surface area contributed by atoms with Gasteiger partial charge in [-0.05, 0) is 46.6 Å². The van der Waals surface area contributed by atoms with E-state index in [1.54, 1.807) is 0 Å². The number of nitrogens with one attached hydrogen (secondary N) is 2. The zero-order valence-corrected chi connectivity index (χ0v) is 11.6. The summed E-state index contributed by atoms with van der Waals surface area (Å²) >= 11 is 4.67. The lowest BCUT2D eigenvalue weighted by atomic mass is 10.1. The first-order valence-electron chi connectivity index (χ1n) is 5.50. The number of amides is 2. The van der Waals surface area contributed by atoms with Crippen LogP contribution >= 0.6 is 27.3 Å². The third-order valence-corrected chi connectivity index (χ3v) is 4.50. The lowest BCUT2D eigenvalue weighted by Crippen LogP contribution is -2.45. The van der Waals surface area contributed by atoms with Gasteiger partial charge in [-0.25, -0.2) is 0 Å². The molecule has 1 aliphatic heterocycles. The first-order chi connectivity index (χ1) is 8.18. The summed E-state index contributed by atoms with van der Waals surface area (Å²) in [5.74, 6) is -0.266. The van der Waals surface area contributed by atoms with Gasteiger partial charge >= 0.3 is 0 Å². The van der Waals surface area contributed by atoms with Crippen molar-refractivity contribution in [1.82, 2.24) is 10.6 Å². The molecule has 6 heteroatoms. The zero-order chi connectivity index (χ0) is 12.3. The Labute approximate surface area is 112 Å². The summed E-state index contributed by atoms with van der Waals surface area (Å²) < 4.78 is 0.772. The molecule has 2 N–H and O–H groups in total. The highest BCUT2D eigenvalue weighted by atomic mass is 79.9. The van der Waals surface area contributed by atoms with E-state index in [0.717, 1.165) is 17.3 Å². The van der Waals surface area contributed by atoms with E-state index < -0.39 is 6.04 Å². The molecule has 0 spiro atoms. The highest BCUT2D eigenvalue weighted by Gasteiger charge is 2.23. The first-order valence-corrected chi connectivity index (χ1v) is 7.17. The van der Waals surface area contributed by atoms with Crippen LogP contribution in [0.15, 0.2) is 15.9 Å². The van der Waals surface area contributed by atoms with Gasteiger partial charge in [0.25, 0.3) is 5.91 Å². The van der Waals surface area contributed by atoms with E-state index in [0.29, 0.717) is 17.8 Å². The standard InChI is InChI=1S/C11H13BrN2O2S/c12-7-4-6-17-9(7)11(16)14-8-3-1-2-5-13-10(8)15/h4,6,8H,1-3,5H2,(H,13,15)(H,14,16). The van der Waals surface area contributed by atoms with Gasteiger partial charge in [0.15, 0.2) is 0 Å². The molecule has 0 aromatic carbocycles. The summed E-state index contributed by atoms with van der Waals surface area (Å²) in [6, 6.07) is 1.42. The van der Waals surface area contributed by atoms with Gasteiger partial charge in [-0.15, -0.1) is 11.3 Å². The number of thiophene rings is 1. The molecule has 17 heavy (non-hydrogen) atoms. The van der Waals surface area contributed by atoms with Crippen LogP contribution in [0.25, 0.3) is 0 Å². The van der Waals surface area contributed by atoms with Gasteiger partial charge in [0.05, 0.1) is 0 Å². The van der Waals surface area contributed by atoms with Gasteiger partial charge in [0.1, 0.15) is 10.9 Å². The van der Waals surface area contributed by atoms with Crippen molar-refractivity contribution in [2.24, 2.45) is 0 Å². The van der Waals surface area contributed by atoms with E-state index in [-0.39, 0.29) is 11.8 Å². The monoisotopic (exact) mass is 316 g/mol. The summed E-state index contributed by atoms with van der Waals surface area (Å²) in [5.41, 5.74) is 0. The van der Waals surface area contributed by atoms with Gasteiger partial charge in [-0.3, -0.25) is 9.59 Å². The van der Waals surface area contributed by atoms with Crippen LogP contribution in [-0.2, 0) is 4.79 Å². The molecule has 2 rings (SSSR count). The molecule has 0 bridgehead atoms. The number of halogens is 1. The fourth-order valence-corrected chi connectivity index (χ4v) is 3.21. The molecule has 4 nitrogen and oxygen atoms in total. The van der Waals surface area contributed by atoms with E-state index >= 15 is 0 Å². The molecule has 0 radical (unpaired) electrons. The van der Waals surface area contributed by atoms with Crippen molar-refractivity contribution in [1.29, 1.82) is 0 Å². The molecule has 1 aromatic rings. The zero-order valence-electron chi connectivity index (χ0n) is 9.16. The van der Waals surface area contributed by atoms with Crippen molar-refractivity contribution in [3.8, 4) is 0 Å². The Morgan fingerprint density at radius 2 is 2.35 bits per heavy atom. The summed E-state index contributed by atoms with van der Waals surface area (Å²) in [5, 5.41) is 7.42. The number of hydrogen-bond acceptors (Lipinski definition) is 3. The van der Waals surface area contributed by atoms with Crippen molar-refractivity contribution in [2.45, 2.75) is 25.3 Å². The third kappa shape index (κ3) is 3.07. The predicted octanol–water partition coefficient (Wildman–Crippen LogP) is 1.91. The summed E-state index contributed by atoms with van der Waals surface area (Å²) in [4.78, 5) is 24.2. The van der Waals surface area contributed by atoms with Crippen molar-refractivity contribution >= 4 is 39.1 Å². The van der Waals surface area contributed by atoms with Crippen LogP contribution in [-0.4, -0.2) is 24.4 Å². The number of carbonyl (C=O) groups is 2. The van der Waals surface area contributed by atoms with Crippen LogP contribution in [0.1, 0.15) is 28.9 Å². The van der Waals surface area contributed by atoms with E-state index in [2.05, 4.69) is 26.6 Å². The maximum atomic E-state index is 11.9. The lowest BCUT2D eigenvalue weighted by molar-refractivity contribution is -0.122. The smallest absolute Gasteiger partial charge is 0.263 e. The van der Waals surface area contributed by atoms with Crippen LogP contribution in [0.3, 0.4) is 0 Å². The molecule has 92 valence electrons. The predicted molar refractivity (Wildman–Crippen MR) is 70.1 cm³/mol. The summed E-state index contributed by atoms with van der Waals surface area (Å²) in [7, 11) is 0. The Kier molecular flexibility index (Phi) is 4.17. The van der Waals surface area contributed by atoms with Crippen LogP contribution in [0.2, 0.25) is 0 Å². The molecular weight excluding hydrogens is 304 g/mol. The van der Waals surface area contributed by atoms with Gasteiger partial charge < -0.3 is 10.6 Å². The Morgan fingerprint density at radius 3 is 3.06 bits per heavy atom. The SMILES string of the molecule is O=C(NC1CCCCNC1=O)c1sccc1Br. The molecule has 1 atom stereocenters. The minimum atomic E-state index is -0.404. The lowest BCUT2D eigenvalue weighted by Gasteiger charge is -2.14. The average molecular weight is 317 g/mol. The first kappa shape index (κ1) is 12.6. The summed E-state index contributed by atoms with van der Waals surface area (Å²) in [6.07, 6.45) is 2.64. The maximum Gasteiger partial charge on any atom is 0.263 e. The van der Waals surface area contributed by atoms with E-state index in [4.69, 9.17) is 0 Å². The Hall–Kier alpha value is -0.880. The van der Waals surface area contributed by atoms with E-state index in [1.165, 1.54) is 11.3 Å². The van der Waals surface area contributed by atoms with Gasteiger partial charge in [-0.1, -0.05) is 0 Å². The number of carbonyl (C=O) groups excluding carboxylic acids is 2. The largest absolute Gasteiger partial charge is 0.354 e. The van der Waals surface area contributed by atoms with Gasteiger partial charge in [0, 0.05) is 11.0 Å². The molecule has 2 heterocycles. The van der Waals surface area contributed by atoms with Gasteiger partial charge in [0.2, 0.25) is 5.91 Å². The second-order valence-electron chi connectivity index (χ2n) is 3.91. The molecule has 0 aliphatic carbocycles. The second kappa shape index (κ2) is 5.64. The topological polar surface area (TPSA) is 58.2 Å². The third-order valence-electron chi connectivity index (χ3n) is 2.66. The molecule has 2 amide bonds. The molecule has 1 aliphatic rings. The Balaban J connectivity index is 2.02.